The Balaban J connectivity index is 1.88. The zero-order chi connectivity index (χ0) is 19.0. The van der Waals surface area contributed by atoms with Gasteiger partial charge in [0.15, 0.2) is 17.3 Å². The lowest BCUT2D eigenvalue weighted by Gasteiger charge is -2.19. The highest BCUT2D eigenvalue weighted by molar-refractivity contribution is 8.00. The molecule has 0 radical (unpaired) electrons. The van der Waals surface area contributed by atoms with Crippen LogP contribution in [0.25, 0.3) is 5.69 Å². The molecule has 1 atom stereocenters. The number of methoxy groups -OCH3 is 1. The standard InChI is InChI=1S/C19H16ClN3O3S/c1-26-15-7-11(5-6-14(15)24)18-17-19(22-16(25)9-27-18)21-10-23(17)13-4-2-3-12(20)8-13/h2-8,10,18,24H,9H2,1H3,(H,22,25)/t18-/m0/s1. The third-order valence-electron chi connectivity index (χ3n) is 4.28. The maximum absolute atomic E-state index is 12.1. The van der Waals surface area contributed by atoms with Crippen molar-refractivity contribution in [2.45, 2.75) is 5.25 Å². The van der Waals surface area contributed by atoms with Crippen LogP contribution in [0.1, 0.15) is 16.5 Å². The molecule has 0 fully saturated rings. The minimum atomic E-state index is -0.185. The van der Waals surface area contributed by atoms with E-state index in [4.69, 9.17) is 16.3 Å². The summed E-state index contributed by atoms with van der Waals surface area (Å²) in [5.41, 5.74) is 2.58. The number of aromatic hydroxyl groups is 1. The second-order valence-electron chi connectivity index (χ2n) is 6.00. The first-order valence-corrected chi connectivity index (χ1v) is 9.61. The van der Waals surface area contributed by atoms with Crippen molar-refractivity contribution >= 4 is 35.1 Å². The van der Waals surface area contributed by atoms with E-state index in [0.29, 0.717) is 22.3 Å². The Morgan fingerprint density at radius 1 is 1.33 bits per heavy atom. The number of ether oxygens (including phenoxy) is 1. The van der Waals surface area contributed by atoms with Crippen molar-refractivity contribution < 1.29 is 14.6 Å². The minimum absolute atomic E-state index is 0.0673. The molecule has 1 amide bonds. The molecule has 6 nitrogen and oxygen atoms in total. The van der Waals surface area contributed by atoms with Crippen molar-refractivity contribution in [2.24, 2.45) is 0 Å². The van der Waals surface area contributed by atoms with Gasteiger partial charge in [-0.15, -0.1) is 11.8 Å². The van der Waals surface area contributed by atoms with Crippen LogP contribution in [0, 0.1) is 0 Å². The largest absolute Gasteiger partial charge is 0.504 e. The summed E-state index contributed by atoms with van der Waals surface area (Å²) in [4.78, 5) is 16.5. The molecule has 0 spiro atoms. The molecule has 1 aromatic heterocycles. The molecule has 0 unspecified atom stereocenters. The number of benzene rings is 2. The van der Waals surface area contributed by atoms with E-state index in [0.717, 1.165) is 16.9 Å². The van der Waals surface area contributed by atoms with E-state index >= 15 is 0 Å². The zero-order valence-corrected chi connectivity index (χ0v) is 15.9. The first-order chi connectivity index (χ1) is 13.1. The summed E-state index contributed by atoms with van der Waals surface area (Å²) in [6, 6.07) is 12.6. The van der Waals surface area contributed by atoms with E-state index in [-0.39, 0.29) is 16.9 Å². The Labute approximate surface area is 165 Å². The number of carbonyl (C=O) groups excluding carboxylic acids is 1. The Bertz CT molecular complexity index is 1020. The Morgan fingerprint density at radius 2 is 2.19 bits per heavy atom. The van der Waals surface area contributed by atoms with E-state index in [1.807, 2.05) is 28.8 Å². The molecule has 8 heteroatoms. The average molecular weight is 402 g/mol. The number of imidazole rings is 1. The van der Waals surface area contributed by atoms with Gasteiger partial charge in [0.25, 0.3) is 0 Å². The van der Waals surface area contributed by atoms with Crippen LogP contribution in [0.5, 0.6) is 11.5 Å². The minimum Gasteiger partial charge on any atom is -0.504 e. The number of aromatic nitrogens is 2. The van der Waals surface area contributed by atoms with Crippen LogP contribution in [-0.4, -0.2) is 33.4 Å². The molecular weight excluding hydrogens is 386 g/mol. The summed E-state index contributed by atoms with van der Waals surface area (Å²) >= 11 is 7.65. The molecule has 0 bridgehead atoms. The van der Waals surface area contributed by atoms with E-state index in [1.165, 1.54) is 18.9 Å². The van der Waals surface area contributed by atoms with Gasteiger partial charge in [0.05, 0.1) is 23.8 Å². The lowest BCUT2D eigenvalue weighted by molar-refractivity contribution is -0.113. The molecule has 0 aliphatic carbocycles. The molecule has 0 saturated carbocycles. The van der Waals surface area contributed by atoms with Gasteiger partial charge >= 0.3 is 0 Å². The summed E-state index contributed by atoms with van der Waals surface area (Å²) in [5.74, 6) is 1.15. The van der Waals surface area contributed by atoms with Gasteiger partial charge < -0.3 is 15.2 Å². The fraction of sp³-hybridized carbons (Fsp3) is 0.158. The van der Waals surface area contributed by atoms with Gasteiger partial charge in [-0.05, 0) is 35.9 Å². The maximum atomic E-state index is 12.1. The van der Waals surface area contributed by atoms with E-state index in [1.54, 1.807) is 24.5 Å². The monoisotopic (exact) mass is 401 g/mol. The molecule has 138 valence electrons. The number of halogens is 1. The highest BCUT2D eigenvalue weighted by atomic mass is 35.5. The second kappa shape index (κ2) is 7.17. The number of thioether (sulfide) groups is 1. The number of fused-ring (bicyclic) bond motifs is 1. The smallest absolute Gasteiger partial charge is 0.235 e. The first-order valence-electron chi connectivity index (χ1n) is 8.18. The van der Waals surface area contributed by atoms with Crippen molar-refractivity contribution in [3.05, 3.63) is 65.1 Å². The fourth-order valence-corrected chi connectivity index (χ4v) is 4.35. The third-order valence-corrected chi connectivity index (χ3v) is 5.78. The number of phenols is 1. The number of hydrogen-bond acceptors (Lipinski definition) is 5. The van der Waals surface area contributed by atoms with Gasteiger partial charge in [-0.25, -0.2) is 4.98 Å². The Kier molecular flexibility index (Phi) is 4.72. The van der Waals surface area contributed by atoms with Gasteiger partial charge in [0.2, 0.25) is 5.91 Å². The third kappa shape index (κ3) is 3.36. The molecule has 27 heavy (non-hydrogen) atoms. The molecule has 1 aliphatic rings. The van der Waals surface area contributed by atoms with Crippen molar-refractivity contribution in [1.29, 1.82) is 0 Å². The first kappa shape index (κ1) is 17.8. The number of hydrogen-bond donors (Lipinski definition) is 2. The fourth-order valence-electron chi connectivity index (χ4n) is 3.05. The van der Waals surface area contributed by atoms with Gasteiger partial charge in [0, 0.05) is 10.7 Å². The zero-order valence-electron chi connectivity index (χ0n) is 14.3. The van der Waals surface area contributed by atoms with Crippen molar-refractivity contribution in [3.63, 3.8) is 0 Å². The molecule has 0 saturated heterocycles. The number of nitrogens with zero attached hydrogens (tertiary/aromatic N) is 2. The van der Waals surface area contributed by atoms with Gasteiger partial charge in [-0.1, -0.05) is 23.7 Å². The number of rotatable bonds is 3. The van der Waals surface area contributed by atoms with E-state index < -0.39 is 0 Å². The van der Waals surface area contributed by atoms with Gasteiger partial charge in [-0.3, -0.25) is 9.36 Å². The summed E-state index contributed by atoms with van der Waals surface area (Å²) in [6.45, 7) is 0. The topological polar surface area (TPSA) is 76.4 Å². The van der Waals surface area contributed by atoms with E-state index in [2.05, 4.69) is 10.3 Å². The van der Waals surface area contributed by atoms with Crippen LogP contribution in [0.3, 0.4) is 0 Å². The highest BCUT2D eigenvalue weighted by Gasteiger charge is 2.29. The van der Waals surface area contributed by atoms with Crippen molar-refractivity contribution in [2.75, 3.05) is 18.2 Å². The van der Waals surface area contributed by atoms with Crippen LogP contribution in [0.2, 0.25) is 5.02 Å². The van der Waals surface area contributed by atoms with Crippen LogP contribution < -0.4 is 10.1 Å². The molecule has 2 aromatic carbocycles. The highest BCUT2D eigenvalue weighted by Crippen LogP contribution is 2.44. The van der Waals surface area contributed by atoms with Gasteiger partial charge in [0.1, 0.15) is 6.33 Å². The number of anilines is 1. The van der Waals surface area contributed by atoms with Crippen molar-refractivity contribution in [3.8, 4) is 17.2 Å². The number of carbonyl (C=O) groups is 1. The average Bonchev–Trinajstić information content (AvgIpc) is 2.98. The Hall–Kier alpha value is -2.64. The lowest BCUT2D eigenvalue weighted by atomic mass is 10.1. The SMILES string of the molecule is COc1cc([C@@H]2SCC(=O)Nc3ncn(-c4cccc(Cl)c4)c32)ccc1O. The molecule has 2 heterocycles. The Morgan fingerprint density at radius 3 is 2.96 bits per heavy atom. The predicted octanol–water partition coefficient (Wildman–Crippen LogP) is 4.01. The summed E-state index contributed by atoms with van der Waals surface area (Å²) in [6.07, 6.45) is 1.67. The van der Waals surface area contributed by atoms with Crippen LogP contribution in [0.15, 0.2) is 48.8 Å². The number of amides is 1. The van der Waals surface area contributed by atoms with Crippen molar-refractivity contribution in [1.82, 2.24) is 9.55 Å². The molecule has 4 rings (SSSR count). The van der Waals surface area contributed by atoms with E-state index in [9.17, 15) is 9.90 Å². The predicted molar refractivity (Wildman–Crippen MR) is 106 cm³/mol. The maximum Gasteiger partial charge on any atom is 0.235 e. The number of nitrogens with one attached hydrogen (secondary N) is 1. The molecule has 1 aliphatic heterocycles. The lowest BCUT2D eigenvalue weighted by Crippen LogP contribution is -2.12. The quantitative estimate of drug-likeness (QED) is 0.693. The second-order valence-corrected chi connectivity index (χ2v) is 7.53. The van der Waals surface area contributed by atoms with Crippen LogP contribution >= 0.6 is 23.4 Å². The van der Waals surface area contributed by atoms with Crippen LogP contribution in [0.4, 0.5) is 5.82 Å². The number of phenolic OH excluding ortho intramolecular Hbond substituents is 1. The molecule has 3 aromatic rings. The summed E-state index contributed by atoms with van der Waals surface area (Å²) < 4.78 is 7.17. The summed E-state index contributed by atoms with van der Waals surface area (Å²) in [5, 5.41) is 13.2. The molecule has 2 N–H and O–H groups in total. The normalized spacial score (nSPS) is 16.4. The summed E-state index contributed by atoms with van der Waals surface area (Å²) in [7, 11) is 1.51. The van der Waals surface area contributed by atoms with Gasteiger partial charge in [-0.2, -0.15) is 0 Å². The van der Waals surface area contributed by atoms with Crippen LogP contribution in [-0.2, 0) is 4.79 Å². The molecular formula is C19H16ClN3O3S.